The van der Waals surface area contributed by atoms with Crippen LogP contribution >= 0.6 is 0 Å². The molecule has 1 aliphatic heterocycles. The molecule has 0 aliphatic carbocycles. The van der Waals surface area contributed by atoms with Crippen molar-refractivity contribution in [2.75, 3.05) is 29.1 Å². The van der Waals surface area contributed by atoms with Crippen LogP contribution in [-0.4, -0.2) is 22.0 Å². The van der Waals surface area contributed by atoms with Gasteiger partial charge in [-0.25, -0.2) is 13.6 Å². The summed E-state index contributed by atoms with van der Waals surface area (Å²) in [7, 11) is -0.551. The number of thiol groups is 1. The van der Waals surface area contributed by atoms with Gasteiger partial charge in [-0.3, -0.25) is 9.59 Å². The van der Waals surface area contributed by atoms with E-state index in [0.717, 1.165) is 41.0 Å². The number of hydrogen-bond donors (Lipinski definition) is 4. The van der Waals surface area contributed by atoms with Crippen molar-refractivity contribution >= 4 is 33.6 Å². The Hall–Kier alpha value is -3.17. The van der Waals surface area contributed by atoms with Crippen molar-refractivity contribution in [2.24, 2.45) is 5.14 Å². The van der Waals surface area contributed by atoms with Gasteiger partial charge in [0.25, 0.3) is 10.9 Å². The van der Waals surface area contributed by atoms with E-state index in [2.05, 4.69) is 39.9 Å². The zero-order valence-corrected chi connectivity index (χ0v) is 18.5. The largest absolute Gasteiger partial charge is 0.374 e. The van der Waals surface area contributed by atoms with Crippen LogP contribution in [0.3, 0.4) is 0 Å². The third-order valence-electron chi connectivity index (χ3n) is 5.57. The number of fused-ring (bicyclic) bond motifs is 1. The minimum Gasteiger partial charge on any atom is -0.374 e. The summed E-state index contributed by atoms with van der Waals surface area (Å²) < 4.78 is 17.6. The molecule has 4 rings (SSSR count). The predicted molar refractivity (Wildman–Crippen MR) is 126 cm³/mol. The molecule has 4 N–H and O–H groups in total. The molecule has 0 aromatic heterocycles. The molecule has 9 heteroatoms. The molecule has 0 amide bonds. The summed E-state index contributed by atoms with van der Waals surface area (Å²) in [5.41, 5.74) is 5.22. The van der Waals surface area contributed by atoms with E-state index in [-0.39, 0.29) is 6.04 Å². The summed E-state index contributed by atoms with van der Waals surface area (Å²) in [6.45, 7) is 4.92. The number of para-hydroxylation sites is 1. The van der Waals surface area contributed by atoms with Crippen LogP contribution in [0.5, 0.6) is 0 Å². The van der Waals surface area contributed by atoms with Gasteiger partial charge >= 0.3 is 0 Å². The first-order valence-electron chi connectivity index (χ1n) is 9.83. The lowest BCUT2D eigenvalue weighted by Gasteiger charge is -2.34. The van der Waals surface area contributed by atoms with E-state index in [1.807, 2.05) is 44.2 Å². The molecule has 164 valence electrons. The molecule has 8 nitrogen and oxygen atoms in total. The van der Waals surface area contributed by atoms with Crippen LogP contribution in [-0.2, 0) is 10.9 Å². The number of nitrogens with two attached hydrogens (primary N) is 1. The normalized spacial score (nSPS) is 15.3. The van der Waals surface area contributed by atoms with Crippen LogP contribution in [0.25, 0.3) is 0 Å². The maximum Gasteiger partial charge on any atom is 0.253 e. The lowest BCUT2D eigenvalue weighted by molar-refractivity contribution is 0.616. The molecule has 0 bridgehead atoms. The summed E-state index contributed by atoms with van der Waals surface area (Å²) in [5.74, 6) is 0. The number of hydrogen-bond acceptors (Lipinski definition) is 7. The predicted octanol–water partition coefficient (Wildman–Crippen LogP) is 2.11. The molecule has 3 aromatic rings. The van der Waals surface area contributed by atoms with Gasteiger partial charge in [-0.15, -0.1) is 0 Å². The quantitative estimate of drug-likeness (QED) is 0.361. The van der Waals surface area contributed by atoms with Crippen molar-refractivity contribution in [3.63, 3.8) is 0 Å². The van der Waals surface area contributed by atoms with E-state index in [0.29, 0.717) is 11.4 Å². The highest BCUT2D eigenvalue weighted by Crippen LogP contribution is 2.36. The van der Waals surface area contributed by atoms with Gasteiger partial charge in [0.2, 0.25) is 0 Å². The Morgan fingerprint density at radius 1 is 1.00 bits per heavy atom. The van der Waals surface area contributed by atoms with Gasteiger partial charge in [0, 0.05) is 25.0 Å². The fraction of sp³-hybridized carbons (Fsp3) is 0.273. The number of benzene rings is 2. The Kier molecular flexibility index (Phi) is 6.77. The summed E-state index contributed by atoms with van der Waals surface area (Å²) in [6.07, 6.45) is 0.870. The lowest BCUT2D eigenvalue weighted by atomic mass is 9.96. The minimum absolute atomic E-state index is 0.0138. The number of aryl methyl sites for hydroxylation is 1. The van der Waals surface area contributed by atoms with E-state index >= 15 is 0 Å². The summed E-state index contributed by atoms with van der Waals surface area (Å²) >= 11 is 0. The van der Waals surface area contributed by atoms with Crippen LogP contribution in [0, 0.1) is 13.8 Å². The second-order valence-corrected chi connectivity index (χ2v) is 8.10. The number of rotatable bonds is 4. The first-order valence-corrected chi connectivity index (χ1v) is 11.1. The third-order valence-corrected chi connectivity index (χ3v) is 5.57. The molecule has 1 unspecified atom stereocenters. The van der Waals surface area contributed by atoms with Crippen molar-refractivity contribution < 1.29 is 8.42 Å². The second-order valence-electron chi connectivity index (χ2n) is 7.53. The molecule has 3 aromatic carbocycles. The van der Waals surface area contributed by atoms with Crippen molar-refractivity contribution in [1.29, 1.82) is 0 Å². The second kappa shape index (κ2) is 9.32. The Morgan fingerprint density at radius 3 is 2.35 bits per heavy atom. The Bertz CT molecular complexity index is 1240. The van der Waals surface area contributed by atoms with Crippen molar-refractivity contribution in [3.8, 4) is 0 Å². The molecule has 1 atom stereocenters. The average molecular weight is 443 g/mol. The van der Waals surface area contributed by atoms with Crippen LogP contribution in [0.15, 0.2) is 52.1 Å². The highest BCUT2D eigenvalue weighted by molar-refractivity contribution is 7.69. The smallest absolute Gasteiger partial charge is 0.253 e. The van der Waals surface area contributed by atoms with E-state index in [1.54, 1.807) is 0 Å². The standard InChI is InChI=1S/C22H23N3O2.H3NO2S/c1-13-7-6-9-16(14(13)2)23-19-20(22(27)21(19)26)24-17-11-12-25(3)18-10-5-4-8-15(17)18;1-4(2)3/h4-10,17,23-24H,11-12H2,1-3H3;4H,(H2,1,2,3). The van der Waals surface area contributed by atoms with Crippen LogP contribution in [0.2, 0.25) is 0 Å². The highest BCUT2D eigenvalue weighted by Gasteiger charge is 2.28. The van der Waals surface area contributed by atoms with E-state index in [4.69, 9.17) is 8.42 Å². The first kappa shape index (κ1) is 22.5. The van der Waals surface area contributed by atoms with Crippen molar-refractivity contribution in [3.05, 3.63) is 79.6 Å². The van der Waals surface area contributed by atoms with Crippen LogP contribution < -0.4 is 31.5 Å². The topological polar surface area (TPSA) is 122 Å². The SMILES string of the molecule is Cc1cccc(Nc2c(NC3CCN(C)c4ccccc43)c(=O)c2=O)c1C.N[SH](=O)=O. The van der Waals surface area contributed by atoms with Gasteiger partial charge in [0.15, 0.2) is 10.9 Å². The van der Waals surface area contributed by atoms with Gasteiger partial charge in [0.05, 0.1) is 6.04 Å². The molecule has 0 saturated heterocycles. The van der Waals surface area contributed by atoms with Gasteiger partial charge in [0.1, 0.15) is 11.4 Å². The van der Waals surface area contributed by atoms with E-state index in [9.17, 15) is 9.59 Å². The van der Waals surface area contributed by atoms with E-state index in [1.165, 1.54) is 0 Å². The highest BCUT2D eigenvalue weighted by atomic mass is 32.2. The molecule has 1 aliphatic rings. The van der Waals surface area contributed by atoms with Gasteiger partial charge in [-0.1, -0.05) is 30.3 Å². The molecule has 1 heterocycles. The Labute approximate surface area is 182 Å². The zero-order chi connectivity index (χ0) is 22.7. The number of nitrogens with one attached hydrogen (secondary N) is 2. The fourth-order valence-corrected chi connectivity index (χ4v) is 3.72. The molecular weight excluding hydrogens is 416 g/mol. The van der Waals surface area contributed by atoms with Crippen molar-refractivity contribution in [1.82, 2.24) is 0 Å². The summed E-state index contributed by atoms with van der Waals surface area (Å²) in [6, 6.07) is 14.1. The zero-order valence-electron chi connectivity index (χ0n) is 17.6. The summed E-state index contributed by atoms with van der Waals surface area (Å²) in [5, 5.41) is 10.6. The van der Waals surface area contributed by atoms with Gasteiger partial charge < -0.3 is 15.5 Å². The Morgan fingerprint density at radius 2 is 1.65 bits per heavy atom. The third kappa shape index (κ3) is 4.78. The van der Waals surface area contributed by atoms with Crippen LogP contribution in [0.4, 0.5) is 22.7 Å². The average Bonchev–Trinajstić information content (AvgIpc) is 2.74. The maximum absolute atomic E-state index is 12.2. The monoisotopic (exact) mass is 442 g/mol. The summed E-state index contributed by atoms with van der Waals surface area (Å²) in [4.78, 5) is 26.7. The molecule has 31 heavy (non-hydrogen) atoms. The maximum atomic E-state index is 12.2. The molecular formula is C22H26N4O4S. The number of anilines is 4. The first-order chi connectivity index (χ1) is 14.7. The van der Waals surface area contributed by atoms with Gasteiger partial charge in [-0.2, -0.15) is 0 Å². The van der Waals surface area contributed by atoms with Gasteiger partial charge in [-0.05, 0) is 49.1 Å². The molecule has 0 fully saturated rings. The van der Waals surface area contributed by atoms with Crippen molar-refractivity contribution in [2.45, 2.75) is 26.3 Å². The minimum atomic E-state index is -2.62. The lowest BCUT2D eigenvalue weighted by Crippen LogP contribution is -2.39. The Balaban J connectivity index is 0.000000628. The molecule has 0 radical (unpaired) electrons. The van der Waals surface area contributed by atoms with E-state index < -0.39 is 21.7 Å². The number of nitrogens with zero attached hydrogens (tertiary/aromatic N) is 1. The molecule has 0 saturated carbocycles. The fourth-order valence-electron chi connectivity index (χ4n) is 3.72. The molecule has 0 spiro atoms. The van der Waals surface area contributed by atoms with Crippen LogP contribution in [0.1, 0.15) is 29.2 Å².